The number of benzene rings is 1. The van der Waals surface area contributed by atoms with Crippen LogP contribution in [0.25, 0.3) is 11.4 Å². The number of hydrogen-bond donors (Lipinski definition) is 4. The van der Waals surface area contributed by atoms with Gasteiger partial charge in [-0.25, -0.2) is 23.2 Å². The number of hydrogen-bond acceptors (Lipinski definition) is 9. The Kier molecular flexibility index (Phi) is 7.07. The molecule has 1 saturated heterocycles. The minimum absolute atomic E-state index is 0.0625. The second kappa shape index (κ2) is 10.3. The zero-order valence-corrected chi connectivity index (χ0v) is 22.1. The summed E-state index contributed by atoms with van der Waals surface area (Å²) in [7, 11) is -3.60. The number of ether oxygens (including phenoxy) is 1. The number of aliphatic hydroxyl groups is 1. The number of morpholine rings is 1. The maximum absolute atomic E-state index is 13.1. The van der Waals surface area contributed by atoms with E-state index in [-0.39, 0.29) is 11.8 Å². The van der Waals surface area contributed by atoms with E-state index in [1.54, 1.807) is 37.3 Å². The Hall–Kier alpha value is -3.55. The van der Waals surface area contributed by atoms with Crippen molar-refractivity contribution in [2.24, 2.45) is 0 Å². The van der Waals surface area contributed by atoms with Crippen LogP contribution in [0.5, 0.6) is 0 Å². The van der Waals surface area contributed by atoms with E-state index in [1.165, 1.54) is 6.20 Å². The first-order valence-corrected chi connectivity index (χ1v) is 14.1. The normalized spacial score (nSPS) is 18.7. The lowest BCUT2D eigenvalue weighted by atomic mass is 10.1. The van der Waals surface area contributed by atoms with Crippen molar-refractivity contribution in [3.05, 3.63) is 47.9 Å². The number of carbonyl (C=O) groups is 1. The summed E-state index contributed by atoms with van der Waals surface area (Å²) < 4.78 is 30.6. The van der Waals surface area contributed by atoms with Crippen LogP contribution in [0, 0.1) is 6.92 Å². The molecule has 202 valence electrons. The molecule has 1 aliphatic heterocycles. The number of aliphatic hydroxyl groups excluding tert-OH is 1. The Labute approximate surface area is 220 Å². The largest absolute Gasteiger partial charge is 0.395 e. The van der Waals surface area contributed by atoms with Crippen molar-refractivity contribution in [2.45, 2.75) is 37.5 Å². The van der Waals surface area contributed by atoms with Crippen molar-refractivity contribution >= 4 is 33.1 Å². The third kappa shape index (κ3) is 5.08. The van der Waals surface area contributed by atoms with E-state index in [4.69, 9.17) is 14.7 Å². The number of aromatic nitrogens is 4. The number of sulfone groups is 1. The SMILES string of the molecule is Cc1[nH]ncc1NC(=O)Nc1ccc(-c2nc(N3CCOC[C@@H]3C)cc(C3(S(=O)(=O)CCO)CC3)n2)cc1. The Bertz CT molecular complexity index is 1420. The number of aromatic amines is 1. The Morgan fingerprint density at radius 1 is 1.24 bits per heavy atom. The van der Waals surface area contributed by atoms with Crippen molar-refractivity contribution in [2.75, 3.05) is 47.7 Å². The van der Waals surface area contributed by atoms with Gasteiger partial charge >= 0.3 is 6.03 Å². The van der Waals surface area contributed by atoms with Gasteiger partial charge in [0.25, 0.3) is 0 Å². The maximum atomic E-state index is 13.1. The molecule has 1 saturated carbocycles. The zero-order chi connectivity index (χ0) is 26.9. The summed E-state index contributed by atoms with van der Waals surface area (Å²) in [5.41, 5.74) is 3.02. The summed E-state index contributed by atoms with van der Waals surface area (Å²) >= 11 is 0. The number of aryl methyl sites for hydroxylation is 1. The van der Waals surface area contributed by atoms with Crippen molar-refractivity contribution in [1.82, 2.24) is 20.2 Å². The molecule has 5 rings (SSSR count). The van der Waals surface area contributed by atoms with Crippen LogP contribution in [-0.2, 0) is 19.3 Å². The zero-order valence-electron chi connectivity index (χ0n) is 21.3. The predicted octanol–water partition coefficient (Wildman–Crippen LogP) is 2.44. The summed E-state index contributed by atoms with van der Waals surface area (Å²) in [4.78, 5) is 24.0. The number of H-pyrrole nitrogens is 1. The molecule has 38 heavy (non-hydrogen) atoms. The van der Waals surface area contributed by atoms with Crippen LogP contribution in [0.1, 0.15) is 31.2 Å². The number of amides is 2. The molecule has 3 heterocycles. The van der Waals surface area contributed by atoms with Gasteiger partial charge in [0.15, 0.2) is 15.7 Å². The summed E-state index contributed by atoms with van der Waals surface area (Å²) in [6, 6.07) is 8.46. The smallest absolute Gasteiger partial charge is 0.323 e. The molecular formula is C25H31N7O5S. The molecule has 1 aliphatic carbocycles. The second-order valence-electron chi connectivity index (χ2n) is 9.65. The maximum Gasteiger partial charge on any atom is 0.323 e. The molecule has 2 amide bonds. The van der Waals surface area contributed by atoms with E-state index < -0.39 is 27.2 Å². The van der Waals surface area contributed by atoms with E-state index in [1.807, 2.05) is 6.92 Å². The van der Waals surface area contributed by atoms with Gasteiger partial charge in [0.1, 0.15) is 10.6 Å². The molecule has 0 bridgehead atoms. The Morgan fingerprint density at radius 2 is 2.00 bits per heavy atom. The first kappa shape index (κ1) is 26.1. The summed E-state index contributed by atoms with van der Waals surface area (Å²) in [5.74, 6) is 0.728. The van der Waals surface area contributed by atoms with E-state index in [0.29, 0.717) is 66.9 Å². The summed E-state index contributed by atoms with van der Waals surface area (Å²) in [6.07, 6.45) is 2.44. The van der Waals surface area contributed by atoms with Gasteiger partial charge < -0.3 is 25.4 Å². The highest BCUT2D eigenvalue weighted by Gasteiger charge is 2.57. The summed E-state index contributed by atoms with van der Waals surface area (Å²) in [6.45, 7) is 5.13. The van der Waals surface area contributed by atoms with Crippen molar-refractivity contribution < 1.29 is 23.1 Å². The molecule has 4 N–H and O–H groups in total. The van der Waals surface area contributed by atoms with Gasteiger partial charge in [-0.3, -0.25) is 5.10 Å². The van der Waals surface area contributed by atoms with Crippen LogP contribution >= 0.6 is 0 Å². The topological polar surface area (TPSA) is 162 Å². The monoisotopic (exact) mass is 541 g/mol. The number of anilines is 3. The number of nitrogens with zero attached hydrogens (tertiary/aromatic N) is 4. The van der Waals surface area contributed by atoms with Crippen molar-refractivity contribution in [3.8, 4) is 11.4 Å². The average molecular weight is 542 g/mol. The first-order valence-electron chi connectivity index (χ1n) is 12.5. The van der Waals surface area contributed by atoms with Gasteiger partial charge in [-0.1, -0.05) is 0 Å². The van der Waals surface area contributed by atoms with E-state index in [2.05, 4.69) is 25.7 Å². The highest BCUT2D eigenvalue weighted by Crippen LogP contribution is 2.53. The third-order valence-electron chi connectivity index (χ3n) is 6.98. The van der Waals surface area contributed by atoms with Crippen LogP contribution in [0.2, 0.25) is 0 Å². The van der Waals surface area contributed by atoms with Crippen LogP contribution in [0.3, 0.4) is 0 Å². The number of carbonyl (C=O) groups excluding carboxylic acids is 1. The number of urea groups is 1. The van der Waals surface area contributed by atoms with Gasteiger partial charge in [0.2, 0.25) is 0 Å². The fourth-order valence-corrected chi connectivity index (χ4v) is 6.41. The quantitative estimate of drug-likeness (QED) is 0.335. The molecular weight excluding hydrogens is 510 g/mol. The van der Waals surface area contributed by atoms with E-state index in [9.17, 15) is 18.3 Å². The highest BCUT2D eigenvalue weighted by atomic mass is 32.2. The highest BCUT2D eigenvalue weighted by molar-refractivity contribution is 7.92. The lowest BCUT2D eigenvalue weighted by molar-refractivity contribution is 0.0985. The Morgan fingerprint density at radius 3 is 2.63 bits per heavy atom. The molecule has 0 spiro atoms. The van der Waals surface area contributed by atoms with E-state index in [0.717, 1.165) is 5.69 Å². The predicted molar refractivity (Wildman–Crippen MR) is 143 cm³/mol. The number of nitrogens with one attached hydrogen (secondary N) is 3. The molecule has 0 unspecified atom stereocenters. The van der Waals surface area contributed by atoms with E-state index >= 15 is 0 Å². The van der Waals surface area contributed by atoms with Crippen LogP contribution in [0.15, 0.2) is 36.5 Å². The summed E-state index contributed by atoms with van der Waals surface area (Å²) in [5, 5.41) is 21.5. The Balaban J connectivity index is 1.45. The molecule has 1 aromatic carbocycles. The molecule has 2 fully saturated rings. The lowest BCUT2D eigenvalue weighted by Gasteiger charge is -2.34. The van der Waals surface area contributed by atoms with Crippen LogP contribution in [0.4, 0.5) is 22.0 Å². The van der Waals surface area contributed by atoms with Gasteiger partial charge in [-0.05, 0) is 51.0 Å². The fraction of sp³-hybridized carbons (Fsp3) is 0.440. The van der Waals surface area contributed by atoms with Crippen molar-refractivity contribution in [1.29, 1.82) is 0 Å². The molecule has 1 atom stereocenters. The van der Waals surface area contributed by atoms with Gasteiger partial charge in [0.05, 0.1) is 54.9 Å². The molecule has 12 nitrogen and oxygen atoms in total. The van der Waals surface area contributed by atoms with Gasteiger partial charge in [-0.2, -0.15) is 5.10 Å². The van der Waals surface area contributed by atoms with Gasteiger partial charge in [0, 0.05) is 23.9 Å². The lowest BCUT2D eigenvalue weighted by Crippen LogP contribution is -2.44. The first-order chi connectivity index (χ1) is 18.2. The third-order valence-corrected chi connectivity index (χ3v) is 9.51. The second-order valence-corrected chi connectivity index (χ2v) is 12.1. The molecule has 13 heteroatoms. The van der Waals surface area contributed by atoms with Crippen molar-refractivity contribution in [3.63, 3.8) is 0 Å². The molecule has 0 radical (unpaired) electrons. The van der Waals surface area contributed by atoms with Crippen LogP contribution in [-0.4, -0.2) is 77.9 Å². The van der Waals surface area contributed by atoms with Crippen LogP contribution < -0.4 is 15.5 Å². The molecule has 2 aromatic heterocycles. The standard InChI is InChI=1S/C25H31N7O5S/c1-16-15-37-11-9-32(16)22-13-21(25(7-8-25)38(35,36)12-10-33)29-23(30-22)18-3-5-19(6-4-18)27-24(34)28-20-14-26-31-17(20)2/h3-6,13-14,16,33H,7-12,15H2,1-2H3,(H,26,31)(H2,27,28,34)/t16-/m0/s1. The number of rotatable bonds is 8. The van der Waals surface area contributed by atoms with Gasteiger partial charge in [-0.15, -0.1) is 0 Å². The molecule has 3 aromatic rings. The molecule has 2 aliphatic rings. The average Bonchev–Trinajstić information content (AvgIpc) is 3.63. The fourth-order valence-electron chi connectivity index (χ4n) is 4.63. The minimum atomic E-state index is -3.60. The minimum Gasteiger partial charge on any atom is -0.395 e.